The van der Waals surface area contributed by atoms with Crippen LogP contribution in [0, 0.1) is 0 Å². The zero-order valence-corrected chi connectivity index (χ0v) is 16.1. The summed E-state index contributed by atoms with van der Waals surface area (Å²) >= 11 is 3.09. The lowest BCUT2D eigenvalue weighted by atomic mass is 10.2. The van der Waals surface area contributed by atoms with E-state index < -0.39 is 5.97 Å². The van der Waals surface area contributed by atoms with Gasteiger partial charge in [0.2, 0.25) is 0 Å². The Balaban J connectivity index is 1.71. The average Bonchev–Trinajstić information content (AvgIpc) is 3.25. The maximum Gasteiger partial charge on any atom is 0.337 e. The molecule has 0 saturated heterocycles. The number of carbonyl (C=O) groups is 2. The van der Waals surface area contributed by atoms with Gasteiger partial charge in [0.25, 0.3) is 0 Å². The molecule has 0 bridgehead atoms. The Morgan fingerprint density at radius 2 is 2.31 bits per heavy atom. The van der Waals surface area contributed by atoms with E-state index in [1.165, 1.54) is 16.6 Å². The number of esters is 1. The number of hydrogen-bond donors (Lipinski definition) is 2. The van der Waals surface area contributed by atoms with Crippen LogP contribution in [0.2, 0.25) is 0 Å². The van der Waals surface area contributed by atoms with Crippen LogP contribution in [-0.4, -0.2) is 45.7 Å². The Morgan fingerprint density at radius 3 is 3.04 bits per heavy atom. The summed E-state index contributed by atoms with van der Waals surface area (Å²) in [6.45, 7) is 2.19. The highest BCUT2D eigenvalue weighted by atomic mass is 32.2. The van der Waals surface area contributed by atoms with Crippen LogP contribution in [0.15, 0.2) is 33.9 Å². The van der Waals surface area contributed by atoms with Crippen LogP contribution in [-0.2, 0) is 23.0 Å². The van der Waals surface area contributed by atoms with Gasteiger partial charge in [-0.15, -0.1) is 21.5 Å². The number of ether oxygens (including phenoxy) is 1. The lowest BCUT2D eigenvalue weighted by molar-refractivity contribution is -0.138. The number of aromatic nitrogens is 3. The summed E-state index contributed by atoms with van der Waals surface area (Å²) in [6.07, 6.45) is 0.721. The van der Waals surface area contributed by atoms with Crippen LogP contribution in [0.5, 0.6) is 0 Å². The Kier molecular flexibility index (Phi) is 5.94. The standard InChI is InChI=1S/C16H19N5O3S2/c1-3-24-14(22)11-8-17-15(23)18-12(11)9-26-16-20-19-13(21(16)2)7-10-5-4-6-25-10/h4-6H,3,7-9H2,1-2H3,(H2,17,18,23). The van der Waals surface area contributed by atoms with Gasteiger partial charge in [-0.3, -0.25) is 0 Å². The lowest BCUT2D eigenvalue weighted by Crippen LogP contribution is -2.44. The molecule has 2 aromatic heterocycles. The number of thiophene rings is 1. The monoisotopic (exact) mass is 393 g/mol. The summed E-state index contributed by atoms with van der Waals surface area (Å²) in [5.74, 6) is 0.836. The molecule has 10 heteroatoms. The van der Waals surface area contributed by atoms with Gasteiger partial charge in [0, 0.05) is 29.8 Å². The first kappa shape index (κ1) is 18.5. The highest BCUT2D eigenvalue weighted by molar-refractivity contribution is 7.99. The molecule has 2 amide bonds. The maximum absolute atomic E-state index is 12.1. The fourth-order valence-electron chi connectivity index (χ4n) is 2.40. The van der Waals surface area contributed by atoms with Gasteiger partial charge in [0.1, 0.15) is 5.82 Å². The van der Waals surface area contributed by atoms with Gasteiger partial charge in [-0.25, -0.2) is 9.59 Å². The van der Waals surface area contributed by atoms with Crippen LogP contribution in [0.4, 0.5) is 4.79 Å². The topological polar surface area (TPSA) is 98.1 Å². The zero-order valence-electron chi connectivity index (χ0n) is 14.4. The zero-order chi connectivity index (χ0) is 18.5. The van der Waals surface area contributed by atoms with Crippen LogP contribution in [0.25, 0.3) is 0 Å². The second-order valence-corrected chi connectivity index (χ2v) is 7.46. The SMILES string of the molecule is CCOC(=O)C1=C(CSc2nnc(Cc3cccs3)n2C)NC(=O)NC1. The summed E-state index contributed by atoms with van der Waals surface area (Å²) < 4.78 is 6.98. The molecule has 2 aromatic rings. The minimum absolute atomic E-state index is 0.156. The summed E-state index contributed by atoms with van der Waals surface area (Å²) in [4.78, 5) is 24.9. The average molecular weight is 393 g/mol. The number of hydrogen-bond acceptors (Lipinski definition) is 7. The number of nitrogens with zero attached hydrogens (tertiary/aromatic N) is 3. The van der Waals surface area contributed by atoms with E-state index in [0.29, 0.717) is 17.0 Å². The van der Waals surface area contributed by atoms with Crippen molar-refractivity contribution in [3.63, 3.8) is 0 Å². The van der Waals surface area contributed by atoms with Crippen molar-refractivity contribution >= 4 is 35.1 Å². The fourth-order valence-corrected chi connectivity index (χ4v) is 4.02. The number of carbonyl (C=O) groups excluding carboxylic acids is 2. The Morgan fingerprint density at radius 1 is 1.46 bits per heavy atom. The van der Waals surface area contributed by atoms with E-state index in [1.807, 2.05) is 23.1 Å². The van der Waals surface area contributed by atoms with Crippen molar-refractivity contribution in [3.8, 4) is 0 Å². The third-order valence-corrected chi connectivity index (χ3v) is 5.68. The van der Waals surface area contributed by atoms with Crippen molar-refractivity contribution < 1.29 is 14.3 Å². The minimum atomic E-state index is -0.424. The summed E-state index contributed by atoms with van der Waals surface area (Å²) in [5.41, 5.74) is 0.972. The normalized spacial score (nSPS) is 14.2. The van der Waals surface area contributed by atoms with E-state index in [9.17, 15) is 9.59 Å². The molecule has 0 radical (unpaired) electrons. The molecule has 0 atom stereocenters. The molecule has 1 aliphatic heterocycles. The maximum atomic E-state index is 12.1. The van der Waals surface area contributed by atoms with Gasteiger partial charge >= 0.3 is 12.0 Å². The molecule has 3 rings (SSSR count). The Labute approximate surface area is 159 Å². The lowest BCUT2D eigenvalue weighted by Gasteiger charge is -2.20. The molecule has 0 unspecified atom stereocenters. The van der Waals surface area contributed by atoms with E-state index >= 15 is 0 Å². The van der Waals surface area contributed by atoms with Gasteiger partial charge in [-0.2, -0.15) is 0 Å². The molecular formula is C16H19N5O3S2. The van der Waals surface area contributed by atoms with Crippen LogP contribution >= 0.6 is 23.1 Å². The van der Waals surface area contributed by atoms with Crippen molar-refractivity contribution in [1.82, 2.24) is 25.4 Å². The van der Waals surface area contributed by atoms with E-state index in [-0.39, 0.29) is 19.2 Å². The van der Waals surface area contributed by atoms with Crippen LogP contribution < -0.4 is 10.6 Å². The van der Waals surface area contributed by atoms with Crippen molar-refractivity contribution in [1.29, 1.82) is 0 Å². The molecule has 138 valence electrons. The molecule has 0 saturated carbocycles. The quantitative estimate of drug-likeness (QED) is 0.549. The second kappa shape index (κ2) is 8.37. The minimum Gasteiger partial charge on any atom is -0.463 e. The number of nitrogens with one attached hydrogen (secondary N) is 2. The highest BCUT2D eigenvalue weighted by Crippen LogP contribution is 2.22. The second-order valence-electron chi connectivity index (χ2n) is 5.49. The predicted molar refractivity (Wildman–Crippen MR) is 99.0 cm³/mol. The number of amides is 2. The molecule has 8 nitrogen and oxygen atoms in total. The van der Waals surface area contributed by atoms with E-state index in [1.54, 1.807) is 18.3 Å². The Bertz CT molecular complexity index is 829. The molecule has 0 spiro atoms. The van der Waals surface area contributed by atoms with Gasteiger partial charge in [0.15, 0.2) is 5.16 Å². The third-order valence-electron chi connectivity index (χ3n) is 3.76. The predicted octanol–water partition coefficient (Wildman–Crippen LogP) is 1.69. The molecule has 0 aromatic carbocycles. The summed E-state index contributed by atoms with van der Waals surface area (Å²) in [6, 6.07) is 3.74. The molecule has 26 heavy (non-hydrogen) atoms. The number of urea groups is 1. The van der Waals surface area contributed by atoms with Gasteiger partial charge in [0.05, 0.1) is 18.7 Å². The smallest absolute Gasteiger partial charge is 0.337 e. The van der Waals surface area contributed by atoms with Crippen LogP contribution in [0.1, 0.15) is 17.6 Å². The highest BCUT2D eigenvalue weighted by Gasteiger charge is 2.24. The first-order chi connectivity index (χ1) is 12.6. The van der Waals surface area contributed by atoms with E-state index in [2.05, 4.69) is 26.9 Å². The molecule has 3 heterocycles. The first-order valence-electron chi connectivity index (χ1n) is 8.06. The van der Waals surface area contributed by atoms with Crippen molar-refractivity contribution in [3.05, 3.63) is 39.5 Å². The summed E-state index contributed by atoms with van der Waals surface area (Å²) in [5, 5.41) is 16.5. The molecular weight excluding hydrogens is 374 g/mol. The number of thioether (sulfide) groups is 1. The third kappa shape index (κ3) is 4.25. The van der Waals surface area contributed by atoms with Gasteiger partial charge < -0.3 is 19.9 Å². The summed E-state index contributed by atoms with van der Waals surface area (Å²) in [7, 11) is 1.91. The fraction of sp³-hybridized carbons (Fsp3) is 0.375. The van der Waals surface area contributed by atoms with Crippen molar-refractivity contribution in [2.45, 2.75) is 18.5 Å². The molecule has 1 aliphatic rings. The van der Waals surface area contributed by atoms with Crippen molar-refractivity contribution in [2.75, 3.05) is 18.9 Å². The van der Waals surface area contributed by atoms with E-state index in [0.717, 1.165) is 17.4 Å². The van der Waals surface area contributed by atoms with Gasteiger partial charge in [-0.05, 0) is 18.4 Å². The van der Waals surface area contributed by atoms with Crippen LogP contribution in [0.3, 0.4) is 0 Å². The van der Waals surface area contributed by atoms with Gasteiger partial charge in [-0.1, -0.05) is 17.8 Å². The largest absolute Gasteiger partial charge is 0.463 e. The molecule has 0 fully saturated rings. The first-order valence-corrected chi connectivity index (χ1v) is 9.92. The molecule has 2 N–H and O–H groups in total. The van der Waals surface area contributed by atoms with Crippen molar-refractivity contribution in [2.24, 2.45) is 7.05 Å². The molecule has 0 aliphatic carbocycles. The Hall–Kier alpha value is -2.33. The van der Waals surface area contributed by atoms with E-state index in [4.69, 9.17) is 4.74 Å². The number of rotatable bonds is 7.